The lowest BCUT2D eigenvalue weighted by Crippen LogP contribution is -2.24. The van der Waals surface area contributed by atoms with Gasteiger partial charge in [0.15, 0.2) is 9.84 Å². The monoisotopic (exact) mass is 483 g/mol. The van der Waals surface area contributed by atoms with Gasteiger partial charge in [0, 0.05) is 29.8 Å². The van der Waals surface area contributed by atoms with Gasteiger partial charge in [-0.05, 0) is 42.8 Å². The largest absolute Gasteiger partial charge is 0.417 e. The molecule has 0 aliphatic carbocycles. The number of rotatable bonds is 5. The summed E-state index contributed by atoms with van der Waals surface area (Å²) in [5.74, 6) is -0.651. The van der Waals surface area contributed by atoms with Crippen LogP contribution in [0.25, 0.3) is 11.3 Å². The zero-order valence-corrected chi connectivity index (χ0v) is 18.4. The summed E-state index contributed by atoms with van der Waals surface area (Å²) >= 11 is 5.87. The van der Waals surface area contributed by atoms with Crippen LogP contribution in [-0.4, -0.2) is 30.5 Å². The van der Waals surface area contributed by atoms with E-state index in [9.17, 15) is 26.4 Å². The summed E-state index contributed by atoms with van der Waals surface area (Å²) < 4.78 is 62.5. The predicted octanol–water partition coefficient (Wildman–Crippen LogP) is 4.46. The molecule has 32 heavy (non-hydrogen) atoms. The number of hydrogen-bond acceptors (Lipinski definition) is 5. The van der Waals surface area contributed by atoms with Gasteiger partial charge >= 0.3 is 6.18 Å². The number of aryl methyl sites for hydroxylation is 1. The Labute approximate surface area is 187 Å². The van der Waals surface area contributed by atoms with Crippen LogP contribution < -0.4 is 5.32 Å². The predicted molar refractivity (Wildman–Crippen MR) is 113 cm³/mol. The molecule has 6 nitrogen and oxygen atoms in total. The minimum Gasteiger partial charge on any atom is -0.346 e. The van der Waals surface area contributed by atoms with Crippen molar-refractivity contribution in [2.45, 2.75) is 24.5 Å². The highest BCUT2D eigenvalue weighted by molar-refractivity contribution is 7.90. The van der Waals surface area contributed by atoms with Crippen molar-refractivity contribution in [3.05, 3.63) is 76.2 Å². The highest BCUT2D eigenvalue weighted by atomic mass is 35.5. The number of sulfone groups is 1. The van der Waals surface area contributed by atoms with Crippen LogP contribution in [0.2, 0.25) is 5.02 Å². The van der Waals surface area contributed by atoms with Crippen molar-refractivity contribution in [2.24, 2.45) is 0 Å². The molecule has 0 aliphatic heterocycles. The maximum absolute atomic E-state index is 12.7. The fourth-order valence-corrected chi connectivity index (χ4v) is 3.66. The van der Waals surface area contributed by atoms with Gasteiger partial charge < -0.3 is 5.32 Å². The van der Waals surface area contributed by atoms with Crippen molar-refractivity contribution in [3.8, 4) is 11.3 Å². The van der Waals surface area contributed by atoms with Crippen LogP contribution in [-0.2, 0) is 22.6 Å². The first-order chi connectivity index (χ1) is 14.8. The molecule has 0 aliphatic rings. The Morgan fingerprint density at radius 3 is 2.38 bits per heavy atom. The lowest BCUT2D eigenvalue weighted by atomic mass is 10.1. The van der Waals surface area contributed by atoms with Gasteiger partial charge in [-0.25, -0.2) is 8.42 Å². The number of alkyl halides is 3. The minimum absolute atomic E-state index is 0.0349. The van der Waals surface area contributed by atoms with Crippen LogP contribution in [0.3, 0.4) is 0 Å². The average molecular weight is 484 g/mol. The van der Waals surface area contributed by atoms with E-state index in [4.69, 9.17) is 11.6 Å². The number of hydrogen-bond donors (Lipinski definition) is 1. The number of carbonyl (C=O) groups excluding carboxylic acids is 1. The molecule has 1 N–H and O–H groups in total. The lowest BCUT2D eigenvalue weighted by molar-refractivity contribution is -0.137. The molecular weight excluding hydrogens is 467 g/mol. The van der Waals surface area contributed by atoms with E-state index in [1.807, 2.05) is 6.92 Å². The molecule has 2 heterocycles. The van der Waals surface area contributed by atoms with Crippen molar-refractivity contribution in [1.29, 1.82) is 0 Å². The Bertz CT molecular complexity index is 1280. The number of halogens is 4. The molecule has 0 unspecified atom stereocenters. The topological polar surface area (TPSA) is 89.0 Å². The SMILES string of the molecule is Cc1ccc(-c2cc(C(=O)NCc3ncc(C(F)(F)F)cc3Cl)cc(S(C)(=O)=O)c2)nc1. The molecule has 3 rings (SSSR count). The van der Waals surface area contributed by atoms with Crippen molar-refractivity contribution >= 4 is 27.3 Å². The Kier molecular flexibility index (Phi) is 6.56. The van der Waals surface area contributed by atoms with Crippen LogP contribution in [0.15, 0.2) is 53.7 Å². The van der Waals surface area contributed by atoms with Crippen LogP contribution in [0.1, 0.15) is 27.2 Å². The standard InChI is InChI=1S/C21H17ClF3N3O3S/c1-12-3-4-18(26-9-12)13-5-14(7-16(6-13)32(2,30)31)20(29)28-11-19-17(22)8-15(10-27-19)21(23,24)25/h3-10H,11H2,1-2H3,(H,28,29). The number of nitrogens with one attached hydrogen (secondary N) is 1. The zero-order valence-electron chi connectivity index (χ0n) is 16.9. The van der Waals surface area contributed by atoms with E-state index in [-0.39, 0.29) is 27.7 Å². The smallest absolute Gasteiger partial charge is 0.346 e. The molecule has 11 heteroatoms. The third kappa shape index (κ3) is 5.63. The van der Waals surface area contributed by atoms with E-state index in [1.165, 1.54) is 18.2 Å². The molecule has 0 spiro atoms. The molecule has 1 amide bonds. The number of carbonyl (C=O) groups is 1. The maximum atomic E-state index is 12.7. The van der Waals surface area contributed by atoms with Crippen molar-refractivity contribution < 1.29 is 26.4 Å². The summed E-state index contributed by atoms with van der Waals surface area (Å²) in [6.45, 7) is 1.60. The van der Waals surface area contributed by atoms with E-state index in [2.05, 4.69) is 15.3 Å². The van der Waals surface area contributed by atoms with E-state index in [0.717, 1.165) is 17.9 Å². The Morgan fingerprint density at radius 2 is 1.81 bits per heavy atom. The van der Waals surface area contributed by atoms with Crippen molar-refractivity contribution in [2.75, 3.05) is 6.26 Å². The summed E-state index contributed by atoms with van der Waals surface area (Å²) in [7, 11) is -3.64. The molecule has 2 aromatic heterocycles. The highest BCUT2D eigenvalue weighted by Gasteiger charge is 2.31. The molecule has 0 bridgehead atoms. The number of nitrogens with zero attached hydrogens (tertiary/aromatic N) is 2. The van der Waals surface area contributed by atoms with Crippen LogP contribution in [0.4, 0.5) is 13.2 Å². The zero-order chi connectivity index (χ0) is 23.7. The molecule has 0 fully saturated rings. The number of amides is 1. The Hall–Kier alpha value is -2.98. The quantitative estimate of drug-likeness (QED) is 0.579. The second-order valence-electron chi connectivity index (χ2n) is 7.07. The van der Waals surface area contributed by atoms with Gasteiger partial charge in [-0.1, -0.05) is 17.7 Å². The molecule has 1 aromatic carbocycles. The molecule has 0 saturated heterocycles. The number of aromatic nitrogens is 2. The van der Waals surface area contributed by atoms with E-state index in [0.29, 0.717) is 17.5 Å². The summed E-state index contributed by atoms with van der Waals surface area (Å²) in [6, 6.07) is 8.32. The first-order valence-corrected chi connectivity index (χ1v) is 11.4. The van der Waals surface area contributed by atoms with Gasteiger partial charge in [0.1, 0.15) is 0 Å². The van der Waals surface area contributed by atoms with E-state index in [1.54, 1.807) is 18.3 Å². The summed E-state index contributed by atoms with van der Waals surface area (Å²) in [6.07, 6.45) is -1.34. The van der Waals surface area contributed by atoms with Gasteiger partial charge in [0.2, 0.25) is 0 Å². The minimum atomic E-state index is -4.59. The van der Waals surface area contributed by atoms with Crippen LogP contribution in [0.5, 0.6) is 0 Å². The third-order valence-electron chi connectivity index (χ3n) is 4.47. The van der Waals surface area contributed by atoms with Gasteiger partial charge in [-0.15, -0.1) is 0 Å². The van der Waals surface area contributed by atoms with E-state index >= 15 is 0 Å². The molecule has 0 saturated carbocycles. The summed E-state index contributed by atoms with van der Waals surface area (Å²) in [4.78, 5) is 20.5. The van der Waals surface area contributed by atoms with E-state index < -0.39 is 27.5 Å². The Balaban J connectivity index is 1.89. The second-order valence-corrected chi connectivity index (χ2v) is 9.49. The van der Waals surface area contributed by atoms with Gasteiger partial charge in [0.25, 0.3) is 5.91 Å². The molecule has 168 valence electrons. The van der Waals surface area contributed by atoms with Gasteiger partial charge in [-0.2, -0.15) is 13.2 Å². The number of benzene rings is 1. The average Bonchev–Trinajstić information content (AvgIpc) is 2.71. The Morgan fingerprint density at radius 1 is 1.09 bits per heavy atom. The number of pyridine rings is 2. The molecule has 0 atom stereocenters. The van der Waals surface area contributed by atoms with Gasteiger partial charge in [0.05, 0.1) is 33.4 Å². The summed E-state index contributed by atoms with van der Waals surface area (Å²) in [5.41, 5.74) is 0.869. The first-order valence-electron chi connectivity index (χ1n) is 9.12. The highest BCUT2D eigenvalue weighted by Crippen LogP contribution is 2.31. The normalized spacial score (nSPS) is 11.9. The fourth-order valence-electron chi connectivity index (χ4n) is 2.75. The molecule has 3 aromatic rings. The van der Waals surface area contributed by atoms with Crippen molar-refractivity contribution in [1.82, 2.24) is 15.3 Å². The second kappa shape index (κ2) is 8.87. The fraction of sp³-hybridized carbons (Fsp3) is 0.190. The van der Waals surface area contributed by atoms with Crippen LogP contribution in [0, 0.1) is 6.92 Å². The molecular formula is C21H17ClF3N3O3S. The lowest BCUT2D eigenvalue weighted by Gasteiger charge is -2.11. The first kappa shape index (κ1) is 23.7. The maximum Gasteiger partial charge on any atom is 0.417 e. The molecule has 0 radical (unpaired) electrons. The van der Waals surface area contributed by atoms with Crippen LogP contribution >= 0.6 is 11.6 Å². The third-order valence-corrected chi connectivity index (χ3v) is 5.88. The van der Waals surface area contributed by atoms with Gasteiger partial charge in [-0.3, -0.25) is 14.8 Å². The van der Waals surface area contributed by atoms with Crippen molar-refractivity contribution in [3.63, 3.8) is 0 Å². The summed E-state index contributed by atoms with van der Waals surface area (Å²) in [5, 5.41) is 2.24.